The van der Waals surface area contributed by atoms with Crippen LogP contribution < -0.4 is 0 Å². The molecule has 10 heteroatoms. The predicted octanol–water partition coefficient (Wildman–Crippen LogP) is 1.31. The summed E-state index contributed by atoms with van der Waals surface area (Å²) in [7, 11) is -2.57. The third kappa shape index (κ3) is 3.46. The molecule has 132 valence electrons. The molecule has 1 aromatic rings. The number of methoxy groups -OCH3 is 1. The molecular weight excluding hydrogens is 340 g/mol. The van der Waals surface area contributed by atoms with E-state index in [1.165, 1.54) is 31.4 Å². The summed E-state index contributed by atoms with van der Waals surface area (Å²) in [6.07, 6.45) is -0.0524. The van der Waals surface area contributed by atoms with Gasteiger partial charge in [0.15, 0.2) is 5.60 Å². The van der Waals surface area contributed by atoms with Gasteiger partial charge in [0.05, 0.1) is 0 Å². The lowest BCUT2D eigenvalue weighted by molar-refractivity contribution is -0.188. The van der Waals surface area contributed by atoms with Crippen LogP contribution in [0, 0.1) is 4.91 Å². The summed E-state index contributed by atoms with van der Waals surface area (Å²) in [6, 6.07) is 5.62. The molecule has 9 nitrogen and oxygen atoms in total. The number of hydrogen-bond donors (Lipinski definition) is 1. The molecule has 0 aromatic heterocycles. The first-order valence-corrected chi connectivity index (χ1v) is 8.60. The molecule has 0 saturated carbocycles. The normalized spacial score (nSPS) is 18.2. The third-order valence-electron chi connectivity index (χ3n) is 3.95. The highest BCUT2D eigenvalue weighted by atomic mass is 32.2. The first-order valence-electron chi connectivity index (χ1n) is 7.16. The number of hydrogen-bond acceptors (Lipinski definition) is 7. The zero-order valence-corrected chi connectivity index (χ0v) is 13.9. The highest BCUT2D eigenvalue weighted by Gasteiger charge is 2.45. The SMILES string of the molecule is COCOC1(C(=O)O)CCN(S(=O)(=O)c2ccccc2N=O)CC1. The van der Waals surface area contributed by atoms with Crippen molar-refractivity contribution >= 4 is 21.7 Å². The minimum atomic E-state index is -3.94. The third-order valence-corrected chi connectivity index (χ3v) is 5.90. The Morgan fingerprint density at radius 3 is 2.50 bits per heavy atom. The largest absolute Gasteiger partial charge is 0.479 e. The van der Waals surface area contributed by atoms with Crippen molar-refractivity contribution in [2.24, 2.45) is 5.18 Å². The van der Waals surface area contributed by atoms with Crippen LogP contribution in [0.3, 0.4) is 0 Å². The molecule has 24 heavy (non-hydrogen) atoms. The van der Waals surface area contributed by atoms with Crippen molar-refractivity contribution in [2.45, 2.75) is 23.3 Å². The summed E-state index contributed by atoms with van der Waals surface area (Å²) in [5, 5.41) is 12.1. The van der Waals surface area contributed by atoms with Crippen molar-refractivity contribution in [3.8, 4) is 0 Å². The quantitative estimate of drug-likeness (QED) is 0.576. The zero-order chi connectivity index (χ0) is 17.8. The molecule has 0 unspecified atom stereocenters. The number of piperidine rings is 1. The van der Waals surface area contributed by atoms with E-state index in [9.17, 15) is 23.2 Å². The molecule has 2 rings (SSSR count). The smallest absolute Gasteiger partial charge is 0.336 e. The number of carboxylic acids is 1. The molecule has 1 heterocycles. The summed E-state index contributed by atoms with van der Waals surface area (Å²) in [5.41, 5.74) is -1.66. The van der Waals surface area contributed by atoms with Crippen LogP contribution >= 0.6 is 0 Å². The minimum Gasteiger partial charge on any atom is -0.479 e. The molecule has 1 fully saturated rings. The predicted molar refractivity (Wildman–Crippen MR) is 83.2 cm³/mol. The Hall–Kier alpha value is -1.88. The summed E-state index contributed by atoms with van der Waals surface area (Å²) in [4.78, 5) is 22.1. The Balaban J connectivity index is 2.21. The van der Waals surface area contributed by atoms with Gasteiger partial charge in [-0.3, -0.25) is 0 Å². The first-order chi connectivity index (χ1) is 11.4. The molecule has 1 aromatic carbocycles. The molecule has 1 aliphatic heterocycles. The van der Waals surface area contributed by atoms with Gasteiger partial charge in [0.25, 0.3) is 0 Å². The number of ether oxygens (including phenoxy) is 2. The van der Waals surface area contributed by atoms with Crippen LogP contribution in [0.4, 0.5) is 5.69 Å². The number of nitroso groups, excluding NO2 is 1. The van der Waals surface area contributed by atoms with Crippen LogP contribution in [0.2, 0.25) is 0 Å². The zero-order valence-electron chi connectivity index (χ0n) is 13.0. The Bertz CT molecular complexity index is 712. The van der Waals surface area contributed by atoms with Crippen LogP contribution in [0.1, 0.15) is 12.8 Å². The first kappa shape index (κ1) is 18.5. The summed E-state index contributed by atoms with van der Waals surface area (Å²) < 4.78 is 36.5. The molecule has 1 N–H and O–H groups in total. The number of rotatable bonds is 7. The van der Waals surface area contributed by atoms with Crippen molar-refractivity contribution in [2.75, 3.05) is 27.0 Å². The fourth-order valence-corrected chi connectivity index (χ4v) is 4.13. The summed E-state index contributed by atoms with van der Waals surface area (Å²) >= 11 is 0. The van der Waals surface area contributed by atoms with Gasteiger partial charge in [-0.05, 0) is 17.3 Å². The molecule has 0 bridgehead atoms. The van der Waals surface area contributed by atoms with E-state index in [1.54, 1.807) is 0 Å². The highest BCUT2D eigenvalue weighted by Crippen LogP contribution is 2.32. The Labute approximate surface area is 139 Å². The van der Waals surface area contributed by atoms with Crippen LogP contribution in [-0.4, -0.2) is 56.4 Å². The van der Waals surface area contributed by atoms with Gasteiger partial charge >= 0.3 is 5.97 Å². The molecule has 0 spiro atoms. The maximum atomic E-state index is 12.7. The highest BCUT2D eigenvalue weighted by molar-refractivity contribution is 7.89. The molecule has 1 saturated heterocycles. The number of carbonyl (C=O) groups is 1. The van der Waals surface area contributed by atoms with Crippen molar-refractivity contribution in [3.63, 3.8) is 0 Å². The number of sulfonamides is 1. The number of nitrogens with zero attached hydrogens (tertiary/aromatic N) is 2. The molecule has 0 amide bonds. The van der Waals surface area contributed by atoms with Gasteiger partial charge in [0.1, 0.15) is 17.4 Å². The molecular formula is C14H18N2O7S. The van der Waals surface area contributed by atoms with Gasteiger partial charge in [-0.1, -0.05) is 12.1 Å². The average Bonchev–Trinajstić information content (AvgIpc) is 2.60. The van der Waals surface area contributed by atoms with Gasteiger partial charge in [-0.25, -0.2) is 13.2 Å². The maximum absolute atomic E-state index is 12.7. The fourth-order valence-electron chi connectivity index (χ4n) is 2.57. The van der Waals surface area contributed by atoms with E-state index in [-0.39, 0.29) is 43.3 Å². The van der Waals surface area contributed by atoms with Crippen molar-refractivity contribution in [1.29, 1.82) is 0 Å². The van der Waals surface area contributed by atoms with Crippen molar-refractivity contribution in [1.82, 2.24) is 4.31 Å². The summed E-state index contributed by atoms with van der Waals surface area (Å²) in [5.74, 6) is -1.16. The second-order valence-corrected chi connectivity index (χ2v) is 7.22. The lowest BCUT2D eigenvalue weighted by Crippen LogP contribution is -2.52. The monoisotopic (exact) mass is 358 g/mol. The van der Waals surface area contributed by atoms with Crippen LogP contribution in [0.5, 0.6) is 0 Å². The van der Waals surface area contributed by atoms with E-state index in [2.05, 4.69) is 5.18 Å². The molecule has 1 aliphatic rings. The number of carboxylic acid groups (broad SMARTS) is 1. The van der Waals surface area contributed by atoms with Gasteiger partial charge < -0.3 is 14.6 Å². The second kappa shape index (κ2) is 7.34. The van der Waals surface area contributed by atoms with Crippen LogP contribution in [-0.2, 0) is 24.3 Å². The Kier molecular flexibility index (Phi) is 5.65. The van der Waals surface area contributed by atoms with E-state index in [1.807, 2.05) is 0 Å². The van der Waals surface area contributed by atoms with Gasteiger partial charge in [-0.15, -0.1) is 4.91 Å². The van der Waals surface area contributed by atoms with Crippen LogP contribution in [0.15, 0.2) is 34.3 Å². The average molecular weight is 358 g/mol. The van der Waals surface area contributed by atoms with Gasteiger partial charge in [-0.2, -0.15) is 4.31 Å². The Morgan fingerprint density at radius 1 is 1.33 bits per heavy atom. The van der Waals surface area contributed by atoms with E-state index >= 15 is 0 Å². The topological polar surface area (TPSA) is 123 Å². The lowest BCUT2D eigenvalue weighted by Gasteiger charge is -2.37. The number of benzene rings is 1. The maximum Gasteiger partial charge on any atom is 0.336 e. The van der Waals surface area contributed by atoms with Crippen molar-refractivity contribution in [3.05, 3.63) is 29.2 Å². The number of aliphatic carboxylic acids is 1. The fraction of sp³-hybridized carbons (Fsp3) is 0.500. The van der Waals surface area contributed by atoms with Crippen LogP contribution in [0.25, 0.3) is 0 Å². The van der Waals surface area contributed by atoms with Crippen molar-refractivity contribution < 1.29 is 27.8 Å². The van der Waals surface area contributed by atoms with Gasteiger partial charge in [0.2, 0.25) is 10.0 Å². The lowest BCUT2D eigenvalue weighted by atomic mass is 9.92. The van der Waals surface area contributed by atoms with E-state index < -0.39 is 21.6 Å². The molecule has 0 aliphatic carbocycles. The Morgan fingerprint density at radius 2 is 1.96 bits per heavy atom. The second-order valence-electron chi connectivity index (χ2n) is 5.31. The molecule has 0 atom stereocenters. The van der Waals surface area contributed by atoms with E-state index in [0.29, 0.717) is 0 Å². The molecule has 0 radical (unpaired) electrons. The minimum absolute atomic E-state index is 0.0262. The van der Waals surface area contributed by atoms with E-state index in [4.69, 9.17) is 9.47 Å². The van der Waals surface area contributed by atoms with E-state index in [0.717, 1.165) is 4.31 Å². The standard InChI is InChI=1S/C14H18N2O7S/c1-22-10-23-14(13(17)18)6-8-16(9-7-14)24(20,21)12-5-3-2-4-11(12)15-19/h2-5H,6-10H2,1H3,(H,17,18). The summed E-state index contributed by atoms with van der Waals surface area (Å²) in [6.45, 7) is -0.298. The van der Waals surface area contributed by atoms with Gasteiger partial charge in [0, 0.05) is 33.0 Å².